The average Bonchev–Trinajstić information content (AvgIpc) is 3.68. The standard InChI is InChI=1S/C31H24ClF3N4O3/c32-20-6-5-19(22(34)14-20)15-42-28-3-1-2-24(37-28)21-7-4-18(12-23(21)35)13-27-36-25-8-9-26(30(40)41)38-29(25)39(27)17-31(16-33)10-11-31/h1-9,12,14H,10-11,13,15-17H2,(H,40,41). The second-order valence-electron chi connectivity index (χ2n) is 10.5. The summed E-state index contributed by atoms with van der Waals surface area (Å²) in [7, 11) is 0. The van der Waals surface area contributed by atoms with E-state index in [0.717, 1.165) is 12.8 Å². The highest BCUT2D eigenvalue weighted by Crippen LogP contribution is 2.48. The summed E-state index contributed by atoms with van der Waals surface area (Å²) < 4.78 is 50.7. The second-order valence-corrected chi connectivity index (χ2v) is 10.9. The minimum Gasteiger partial charge on any atom is -0.477 e. The number of nitrogens with zero attached hydrogens (tertiary/aromatic N) is 4. The van der Waals surface area contributed by atoms with Crippen molar-refractivity contribution in [2.24, 2.45) is 5.41 Å². The first kappa shape index (κ1) is 27.7. The van der Waals surface area contributed by atoms with Crippen LogP contribution in [0.2, 0.25) is 5.02 Å². The number of alkyl halides is 1. The molecule has 0 amide bonds. The third-order valence-corrected chi connectivity index (χ3v) is 7.65. The number of hydrogen-bond donors (Lipinski definition) is 1. The Hall–Kier alpha value is -4.44. The van der Waals surface area contributed by atoms with Gasteiger partial charge in [0.15, 0.2) is 11.3 Å². The van der Waals surface area contributed by atoms with Gasteiger partial charge in [0.2, 0.25) is 5.88 Å². The van der Waals surface area contributed by atoms with E-state index < -0.39 is 29.7 Å². The highest BCUT2D eigenvalue weighted by Gasteiger charge is 2.44. The van der Waals surface area contributed by atoms with E-state index in [0.29, 0.717) is 40.4 Å². The van der Waals surface area contributed by atoms with Crippen molar-refractivity contribution < 1.29 is 27.8 Å². The molecule has 0 spiro atoms. The Morgan fingerprint density at radius 1 is 1.00 bits per heavy atom. The van der Waals surface area contributed by atoms with Crippen LogP contribution < -0.4 is 4.74 Å². The van der Waals surface area contributed by atoms with Crippen LogP contribution in [0.4, 0.5) is 13.2 Å². The number of halogens is 4. The van der Waals surface area contributed by atoms with Gasteiger partial charge in [-0.1, -0.05) is 29.8 Å². The maximum atomic E-state index is 15.4. The number of carboxylic acid groups (broad SMARTS) is 1. The first-order valence-corrected chi connectivity index (χ1v) is 13.6. The summed E-state index contributed by atoms with van der Waals surface area (Å²) in [5, 5.41) is 9.69. The molecule has 11 heteroatoms. The molecular formula is C31H24ClF3N4O3. The molecule has 0 bridgehead atoms. The second kappa shape index (κ2) is 11.1. The number of benzene rings is 2. The Labute approximate surface area is 243 Å². The van der Waals surface area contributed by atoms with Crippen molar-refractivity contribution in [1.29, 1.82) is 0 Å². The summed E-state index contributed by atoms with van der Waals surface area (Å²) in [6, 6.07) is 16.9. The van der Waals surface area contributed by atoms with Crippen molar-refractivity contribution in [3.63, 3.8) is 0 Å². The summed E-state index contributed by atoms with van der Waals surface area (Å²) >= 11 is 5.80. The molecule has 2 aromatic carbocycles. The number of carboxylic acids is 1. The zero-order chi connectivity index (χ0) is 29.4. The molecule has 1 aliphatic rings. The molecule has 214 valence electrons. The van der Waals surface area contributed by atoms with Gasteiger partial charge in [-0.15, -0.1) is 0 Å². The Morgan fingerprint density at radius 3 is 2.55 bits per heavy atom. The summed E-state index contributed by atoms with van der Waals surface area (Å²) in [4.78, 5) is 24.8. The SMILES string of the molecule is O=C(O)c1ccc2nc(Cc3ccc(-c4cccc(OCc5ccc(Cl)cc5F)n4)c(F)c3)n(CC3(CF)CC3)c2n1. The van der Waals surface area contributed by atoms with Crippen LogP contribution in [-0.2, 0) is 19.6 Å². The number of hydrogen-bond acceptors (Lipinski definition) is 5. The number of rotatable bonds is 10. The zero-order valence-corrected chi connectivity index (χ0v) is 22.9. The number of fused-ring (bicyclic) bond motifs is 1. The summed E-state index contributed by atoms with van der Waals surface area (Å²) in [5.74, 6) is -1.44. The van der Waals surface area contributed by atoms with Gasteiger partial charge >= 0.3 is 5.97 Å². The summed E-state index contributed by atoms with van der Waals surface area (Å²) in [5.41, 5.74) is 1.71. The van der Waals surface area contributed by atoms with Crippen LogP contribution in [0, 0.1) is 17.0 Å². The smallest absolute Gasteiger partial charge is 0.354 e. The zero-order valence-electron chi connectivity index (χ0n) is 22.2. The molecule has 0 atom stereocenters. The summed E-state index contributed by atoms with van der Waals surface area (Å²) in [6.07, 6.45) is 1.66. The Balaban J connectivity index is 1.25. The highest BCUT2D eigenvalue weighted by molar-refractivity contribution is 6.30. The van der Waals surface area contributed by atoms with Gasteiger partial charge in [-0.2, -0.15) is 0 Å². The lowest BCUT2D eigenvalue weighted by atomic mass is 10.0. The quantitative estimate of drug-likeness (QED) is 0.187. The molecule has 42 heavy (non-hydrogen) atoms. The van der Waals surface area contributed by atoms with Crippen LogP contribution >= 0.6 is 11.6 Å². The highest BCUT2D eigenvalue weighted by atomic mass is 35.5. The number of pyridine rings is 2. The molecule has 6 rings (SSSR count). The number of imidazole rings is 1. The molecule has 1 fully saturated rings. The first-order chi connectivity index (χ1) is 20.2. The molecule has 7 nitrogen and oxygen atoms in total. The van der Waals surface area contributed by atoms with Crippen molar-refractivity contribution in [3.8, 4) is 17.1 Å². The molecular weight excluding hydrogens is 569 g/mol. The fourth-order valence-corrected chi connectivity index (χ4v) is 4.97. The third-order valence-electron chi connectivity index (χ3n) is 7.41. The molecule has 0 radical (unpaired) electrons. The van der Waals surface area contributed by atoms with Crippen molar-refractivity contribution in [3.05, 3.63) is 106 Å². The molecule has 3 aromatic heterocycles. The van der Waals surface area contributed by atoms with E-state index in [1.165, 1.54) is 24.3 Å². The Bertz CT molecular complexity index is 1820. The number of aromatic nitrogens is 4. The van der Waals surface area contributed by atoms with Crippen LogP contribution in [0.15, 0.2) is 66.7 Å². The third kappa shape index (κ3) is 5.67. The van der Waals surface area contributed by atoms with E-state index >= 15 is 4.39 Å². The predicted octanol–water partition coefficient (Wildman–Crippen LogP) is 7.04. The summed E-state index contributed by atoms with van der Waals surface area (Å²) in [6.45, 7) is -0.268. The molecule has 1 aliphatic carbocycles. The molecule has 0 saturated heterocycles. The van der Waals surface area contributed by atoms with Crippen LogP contribution in [0.1, 0.15) is 40.3 Å². The minimum absolute atomic E-state index is 0.0750. The van der Waals surface area contributed by atoms with Gasteiger partial charge < -0.3 is 14.4 Å². The number of ether oxygens (including phenoxy) is 1. The van der Waals surface area contributed by atoms with Crippen LogP contribution in [-0.4, -0.2) is 37.3 Å². The van der Waals surface area contributed by atoms with Gasteiger partial charge in [-0.25, -0.2) is 28.5 Å². The Morgan fingerprint density at radius 2 is 1.83 bits per heavy atom. The van der Waals surface area contributed by atoms with Crippen LogP contribution in [0.5, 0.6) is 5.88 Å². The van der Waals surface area contributed by atoms with Gasteiger partial charge in [0.25, 0.3) is 0 Å². The normalized spacial score (nSPS) is 13.8. The van der Waals surface area contributed by atoms with Gasteiger partial charge in [0.05, 0.1) is 12.4 Å². The molecule has 1 saturated carbocycles. The van der Waals surface area contributed by atoms with E-state index in [2.05, 4.69) is 15.0 Å². The first-order valence-electron chi connectivity index (χ1n) is 13.2. The van der Waals surface area contributed by atoms with Gasteiger partial charge in [0, 0.05) is 40.6 Å². The van der Waals surface area contributed by atoms with E-state index in [1.54, 1.807) is 47.0 Å². The fourth-order valence-electron chi connectivity index (χ4n) is 4.81. The van der Waals surface area contributed by atoms with E-state index in [9.17, 15) is 18.7 Å². The minimum atomic E-state index is -1.17. The predicted molar refractivity (Wildman–Crippen MR) is 150 cm³/mol. The fraction of sp³-hybridized carbons (Fsp3) is 0.226. The van der Waals surface area contributed by atoms with Crippen LogP contribution in [0.25, 0.3) is 22.4 Å². The lowest BCUT2D eigenvalue weighted by Crippen LogP contribution is -2.17. The monoisotopic (exact) mass is 592 g/mol. The maximum Gasteiger partial charge on any atom is 0.354 e. The van der Waals surface area contributed by atoms with Crippen molar-refractivity contribution >= 4 is 28.7 Å². The van der Waals surface area contributed by atoms with Crippen LogP contribution in [0.3, 0.4) is 0 Å². The van der Waals surface area contributed by atoms with E-state index in [4.69, 9.17) is 16.3 Å². The van der Waals surface area contributed by atoms with Crippen molar-refractivity contribution in [1.82, 2.24) is 19.5 Å². The molecule has 5 aromatic rings. The van der Waals surface area contributed by atoms with Crippen molar-refractivity contribution in [2.45, 2.75) is 32.4 Å². The van der Waals surface area contributed by atoms with E-state index in [-0.39, 0.29) is 35.2 Å². The largest absolute Gasteiger partial charge is 0.477 e. The lowest BCUT2D eigenvalue weighted by molar-refractivity contribution is 0.0690. The number of carbonyl (C=O) groups is 1. The van der Waals surface area contributed by atoms with E-state index in [1.807, 2.05) is 0 Å². The molecule has 0 aliphatic heterocycles. The average molecular weight is 593 g/mol. The molecule has 1 N–H and O–H groups in total. The van der Waals surface area contributed by atoms with Crippen molar-refractivity contribution in [2.75, 3.05) is 6.67 Å². The topological polar surface area (TPSA) is 90.1 Å². The van der Waals surface area contributed by atoms with Gasteiger partial charge in [-0.05, 0) is 60.9 Å². The van der Waals surface area contributed by atoms with Gasteiger partial charge in [-0.3, -0.25) is 4.39 Å². The lowest BCUT2D eigenvalue weighted by Gasteiger charge is -2.15. The maximum absolute atomic E-state index is 15.4. The molecule has 3 heterocycles. The number of aromatic carboxylic acids is 1. The Kier molecular flexibility index (Phi) is 7.32. The van der Waals surface area contributed by atoms with Gasteiger partial charge in [0.1, 0.15) is 29.6 Å². The molecule has 0 unspecified atom stereocenters.